The molecule has 0 spiro atoms. The first-order chi connectivity index (χ1) is 10.0. The number of ether oxygens (including phenoxy) is 2. The number of aryl methyl sites for hydroxylation is 2. The summed E-state index contributed by atoms with van der Waals surface area (Å²) in [6, 6.07) is 11.0. The number of benzene rings is 2. The van der Waals surface area contributed by atoms with Gasteiger partial charge in [0, 0.05) is 5.02 Å². The highest BCUT2D eigenvalue weighted by Gasteiger charge is 2.06. The van der Waals surface area contributed by atoms with Crippen LogP contribution in [0.1, 0.15) is 27.0 Å². The summed E-state index contributed by atoms with van der Waals surface area (Å²) in [5.41, 5.74) is 3.49. The van der Waals surface area contributed by atoms with E-state index >= 15 is 0 Å². The molecule has 0 atom stereocenters. The van der Waals surface area contributed by atoms with Crippen LogP contribution in [0.25, 0.3) is 0 Å². The molecule has 3 nitrogen and oxygen atoms in total. The molecule has 0 unspecified atom stereocenters. The zero-order valence-corrected chi connectivity index (χ0v) is 13.0. The monoisotopic (exact) mass is 304 g/mol. The SMILES string of the molecule is COC(=O)c1ccc(COc2cc(C)c(Cl)c(C)c2)cc1. The van der Waals surface area contributed by atoms with Gasteiger partial charge in [0.2, 0.25) is 0 Å². The maximum atomic E-state index is 11.3. The van der Waals surface area contributed by atoms with E-state index in [4.69, 9.17) is 16.3 Å². The Morgan fingerprint density at radius 2 is 1.67 bits per heavy atom. The molecular weight excluding hydrogens is 288 g/mol. The predicted octanol–water partition coefficient (Wildman–Crippen LogP) is 4.32. The molecule has 4 heteroatoms. The topological polar surface area (TPSA) is 35.5 Å². The minimum absolute atomic E-state index is 0.341. The van der Waals surface area contributed by atoms with Crippen LogP contribution in [0, 0.1) is 13.8 Å². The van der Waals surface area contributed by atoms with E-state index in [1.807, 2.05) is 38.1 Å². The van der Waals surface area contributed by atoms with Crippen LogP contribution in [0.5, 0.6) is 5.75 Å². The number of hydrogen-bond acceptors (Lipinski definition) is 3. The van der Waals surface area contributed by atoms with E-state index in [0.717, 1.165) is 27.5 Å². The standard InChI is InChI=1S/C17H17ClO3/c1-11-8-15(9-12(2)16(11)18)21-10-13-4-6-14(7-5-13)17(19)20-3/h4-9H,10H2,1-3H3. The molecule has 0 N–H and O–H groups in total. The van der Waals surface area contributed by atoms with E-state index < -0.39 is 0 Å². The van der Waals surface area contributed by atoms with Gasteiger partial charge in [0.05, 0.1) is 12.7 Å². The molecule has 2 aromatic carbocycles. The van der Waals surface area contributed by atoms with Gasteiger partial charge in [0.25, 0.3) is 0 Å². The molecule has 0 aliphatic heterocycles. The van der Waals surface area contributed by atoms with Gasteiger partial charge >= 0.3 is 5.97 Å². The van der Waals surface area contributed by atoms with Crippen LogP contribution < -0.4 is 4.74 Å². The predicted molar refractivity (Wildman–Crippen MR) is 83.0 cm³/mol. The van der Waals surface area contributed by atoms with Crippen molar-refractivity contribution in [3.63, 3.8) is 0 Å². The molecule has 110 valence electrons. The maximum Gasteiger partial charge on any atom is 0.337 e. The van der Waals surface area contributed by atoms with E-state index in [2.05, 4.69) is 4.74 Å². The van der Waals surface area contributed by atoms with E-state index in [1.54, 1.807) is 12.1 Å². The van der Waals surface area contributed by atoms with Crippen molar-refractivity contribution in [3.8, 4) is 5.75 Å². The maximum absolute atomic E-state index is 11.3. The lowest BCUT2D eigenvalue weighted by atomic mass is 10.1. The normalized spacial score (nSPS) is 10.3. The molecule has 0 aliphatic rings. The van der Waals surface area contributed by atoms with E-state index in [0.29, 0.717) is 12.2 Å². The number of carbonyl (C=O) groups excluding carboxylic acids is 1. The van der Waals surface area contributed by atoms with Gasteiger partial charge < -0.3 is 9.47 Å². The Kier molecular flexibility index (Phi) is 4.86. The third-order valence-corrected chi connectivity index (χ3v) is 3.79. The van der Waals surface area contributed by atoms with Crippen molar-refractivity contribution in [1.29, 1.82) is 0 Å². The first kappa shape index (κ1) is 15.4. The van der Waals surface area contributed by atoms with E-state index in [1.165, 1.54) is 7.11 Å². The highest BCUT2D eigenvalue weighted by Crippen LogP contribution is 2.26. The van der Waals surface area contributed by atoms with Crippen LogP contribution in [-0.2, 0) is 11.3 Å². The summed E-state index contributed by atoms with van der Waals surface area (Å²) in [6.45, 7) is 4.34. The summed E-state index contributed by atoms with van der Waals surface area (Å²) in [5.74, 6) is 0.442. The van der Waals surface area contributed by atoms with Gasteiger partial charge in [-0.3, -0.25) is 0 Å². The lowest BCUT2D eigenvalue weighted by Crippen LogP contribution is -2.02. The summed E-state index contributed by atoms with van der Waals surface area (Å²) >= 11 is 6.13. The second-order valence-electron chi connectivity index (χ2n) is 4.85. The van der Waals surface area contributed by atoms with Crippen molar-refractivity contribution in [3.05, 3.63) is 63.7 Å². The fourth-order valence-electron chi connectivity index (χ4n) is 2.01. The number of carbonyl (C=O) groups is 1. The Bertz CT molecular complexity index is 625. The second kappa shape index (κ2) is 6.64. The summed E-state index contributed by atoms with van der Waals surface area (Å²) in [6.07, 6.45) is 0. The van der Waals surface area contributed by atoms with Gasteiger partial charge in [0.1, 0.15) is 12.4 Å². The third-order valence-electron chi connectivity index (χ3n) is 3.19. The van der Waals surface area contributed by atoms with Gasteiger partial charge in [-0.1, -0.05) is 23.7 Å². The molecule has 2 rings (SSSR count). The molecule has 0 amide bonds. The molecule has 0 heterocycles. The zero-order chi connectivity index (χ0) is 15.4. The molecule has 2 aromatic rings. The van der Waals surface area contributed by atoms with Crippen molar-refractivity contribution in [2.75, 3.05) is 7.11 Å². The summed E-state index contributed by atoms with van der Waals surface area (Å²) in [7, 11) is 1.37. The Labute approximate surface area is 129 Å². The smallest absolute Gasteiger partial charge is 0.337 e. The van der Waals surface area contributed by atoms with Crippen LogP contribution >= 0.6 is 11.6 Å². The Morgan fingerprint density at radius 3 is 2.19 bits per heavy atom. The minimum atomic E-state index is -0.341. The lowest BCUT2D eigenvalue weighted by molar-refractivity contribution is 0.0600. The van der Waals surface area contributed by atoms with Crippen molar-refractivity contribution in [2.24, 2.45) is 0 Å². The number of methoxy groups -OCH3 is 1. The molecule has 0 fully saturated rings. The molecule has 0 aromatic heterocycles. The quantitative estimate of drug-likeness (QED) is 0.789. The number of halogens is 1. The first-order valence-corrected chi connectivity index (χ1v) is 6.96. The highest BCUT2D eigenvalue weighted by molar-refractivity contribution is 6.32. The minimum Gasteiger partial charge on any atom is -0.489 e. The third kappa shape index (κ3) is 3.76. The average Bonchev–Trinajstić information content (AvgIpc) is 2.50. The molecule has 21 heavy (non-hydrogen) atoms. The molecular formula is C17H17ClO3. The van der Waals surface area contributed by atoms with Crippen LogP contribution in [-0.4, -0.2) is 13.1 Å². The number of hydrogen-bond donors (Lipinski definition) is 0. The molecule has 0 aliphatic carbocycles. The molecule has 0 bridgehead atoms. The number of esters is 1. The average molecular weight is 305 g/mol. The Morgan fingerprint density at radius 1 is 1.10 bits per heavy atom. The van der Waals surface area contributed by atoms with Gasteiger partial charge in [0.15, 0.2) is 0 Å². The molecule has 0 saturated carbocycles. The van der Waals surface area contributed by atoms with Gasteiger partial charge in [-0.15, -0.1) is 0 Å². The first-order valence-electron chi connectivity index (χ1n) is 6.58. The molecule has 0 saturated heterocycles. The summed E-state index contributed by atoms with van der Waals surface area (Å²) < 4.78 is 10.4. The van der Waals surface area contributed by atoms with Crippen LogP contribution in [0.3, 0.4) is 0 Å². The fourth-order valence-corrected chi connectivity index (χ4v) is 2.12. The van der Waals surface area contributed by atoms with E-state index in [9.17, 15) is 4.79 Å². The highest BCUT2D eigenvalue weighted by atomic mass is 35.5. The second-order valence-corrected chi connectivity index (χ2v) is 5.23. The van der Waals surface area contributed by atoms with Crippen molar-refractivity contribution in [1.82, 2.24) is 0 Å². The molecule has 0 radical (unpaired) electrons. The zero-order valence-electron chi connectivity index (χ0n) is 12.3. The van der Waals surface area contributed by atoms with Crippen LogP contribution in [0.4, 0.5) is 0 Å². The van der Waals surface area contributed by atoms with Crippen molar-refractivity contribution in [2.45, 2.75) is 20.5 Å². The van der Waals surface area contributed by atoms with Crippen LogP contribution in [0.2, 0.25) is 5.02 Å². The summed E-state index contributed by atoms with van der Waals surface area (Å²) in [5, 5.41) is 0.768. The summed E-state index contributed by atoms with van der Waals surface area (Å²) in [4.78, 5) is 11.3. The van der Waals surface area contributed by atoms with Crippen LogP contribution in [0.15, 0.2) is 36.4 Å². The Hall–Kier alpha value is -2.00. The Balaban J connectivity index is 2.05. The van der Waals surface area contributed by atoms with Crippen molar-refractivity contribution >= 4 is 17.6 Å². The van der Waals surface area contributed by atoms with Gasteiger partial charge in [-0.05, 0) is 54.8 Å². The van der Waals surface area contributed by atoms with E-state index in [-0.39, 0.29) is 5.97 Å². The van der Waals surface area contributed by atoms with Crippen molar-refractivity contribution < 1.29 is 14.3 Å². The largest absolute Gasteiger partial charge is 0.489 e. The number of rotatable bonds is 4. The van der Waals surface area contributed by atoms with Gasteiger partial charge in [-0.2, -0.15) is 0 Å². The van der Waals surface area contributed by atoms with Gasteiger partial charge in [-0.25, -0.2) is 4.79 Å². The lowest BCUT2D eigenvalue weighted by Gasteiger charge is -2.10. The fraction of sp³-hybridized carbons (Fsp3) is 0.235.